The molecule has 4 rings (SSSR count). The van der Waals surface area contributed by atoms with Crippen LogP contribution < -0.4 is 9.64 Å². The minimum atomic E-state index is -0.507. The SMILES string of the molecule is N#Cc1cnccc1N1CCOc2cnc(-c3ncccc3F)nc21. The van der Waals surface area contributed by atoms with Crippen LogP contribution in [0.2, 0.25) is 0 Å². The predicted molar refractivity (Wildman–Crippen MR) is 86.7 cm³/mol. The molecule has 3 aromatic heterocycles. The number of hydrogen-bond donors (Lipinski definition) is 0. The molecule has 0 bridgehead atoms. The van der Waals surface area contributed by atoms with E-state index in [0.29, 0.717) is 36.0 Å². The van der Waals surface area contributed by atoms with Crippen LogP contribution >= 0.6 is 0 Å². The van der Waals surface area contributed by atoms with E-state index < -0.39 is 5.82 Å². The van der Waals surface area contributed by atoms with Gasteiger partial charge >= 0.3 is 0 Å². The van der Waals surface area contributed by atoms with E-state index in [1.54, 1.807) is 12.3 Å². The van der Waals surface area contributed by atoms with Gasteiger partial charge in [0.25, 0.3) is 0 Å². The molecule has 25 heavy (non-hydrogen) atoms. The molecule has 0 amide bonds. The highest BCUT2D eigenvalue weighted by atomic mass is 19.1. The zero-order valence-corrected chi connectivity index (χ0v) is 12.9. The number of halogens is 1. The standard InChI is InChI=1S/C17H11FN6O/c18-12-2-1-4-21-15(12)16-22-10-14-17(23-16)24(6-7-25-14)13-3-5-20-9-11(13)8-19/h1-5,9-10H,6-7H2. The summed E-state index contributed by atoms with van der Waals surface area (Å²) in [7, 11) is 0. The lowest BCUT2D eigenvalue weighted by molar-refractivity contribution is 0.310. The number of ether oxygens (including phenoxy) is 1. The van der Waals surface area contributed by atoms with E-state index in [-0.39, 0.29) is 11.5 Å². The van der Waals surface area contributed by atoms with Gasteiger partial charge in [0.05, 0.1) is 24.0 Å². The summed E-state index contributed by atoms with van der Waals surface area (Å²) in [4.78, 5) is 18.4. The summed E-state index contributed by atoms with van der Waals surface area (Å²) in [6.45, 7) is 0.910. The Kier molecular flexibility index (Phi) is 3.67. The van der Waals surface area contributed by atoms with E-state index in [1.165, 1.54) is 30.7 Å². The Morgan fingerprint density at radius 3 is 2.96 bits per heavy atom. The summed E-state index contributed by atoms with van der Waals surface area (Å²) in [5, 5.41) is 9.33. The van der Waals surface area contributed by atoms with Crippen molar-refractivity contribution in [3.05, 3.63) is 54.4 Å². The highest BCUT2D eigenvalue weighted by Gasteiger charge is 2.25. The van der Waals surface area contributed by atoms with Crippen molar-refractivity contribution in [2.75, 3.05) is 18.1 Å². The second-order valence-electron chi connectivity index (χ2n) is 5.22. The van der Waals surface area contributed by atoms with E-state index >= 15 is 0 Å². The Balaban J connectivity index is 1.85. The molecule has 0 saturated heterocycles. The molecule has 4 heterocycles. The maximum atomic E-state index is 14.0. The number of fused-ring (bicyclic) bond motifs is 1. The topological polar surface area (TPSA) is 87.8 Å². The van der Waals surface area contributed by atoms with Crippen molar-refractivity contribution in [2.45, 2.75) is 0 Å². The maximum absolute atomic E-state index is 14.0. The Morgan fingerprint density at radius 1 is 1.20 bits per heavy atom. The van der Waals surface area contributed by atoms with Gasteiger partial charge in [0.2, 0.25) is 0 Å². The van der Waals surface area contributed by atoms with Crippen LogP contribution in [0, 0.1) is 17.1 Å². The number of nitriles is 1. The first kappa shape index (κ1) is 15.0. The Labute approximate surface area is 142 Å². The Morgan fingerprint density at radius 2 is 2.12 bits per heavy atom. The Bertz CT molecular complexity index is 987. The highest BCUT2D eigenvalue weighted by molar-refractivity contribution is 5.72. The summed E-state index contributed by atoms with van der Waals surface area (Å²) in [5.74, 6) is 0.573. The van der Waals surface area contributed by atoms with Crippen LogP contribution in [-0.4, -0.2) is 33.1 Å². The van der Waals surface area contributed by atoms with Gasteiger partial charge < -0.3 is 9.64 Å². The Hall–Kier alpha value is -3.60. The lowest BCUT2D eigenvalue weighted by Gasteiger charge is -2.30. The molecule has 0 saturated carbocycles. The van der Waals surface area contributed by atoms with Crippen LogP contribution in [0.1, 0.15) is 5.56 Å². The van der Waals surface area contributed by atoms with Gasteiger partial charge in [0, 0.05) is 18.6 Å². The zero-order chi connectivity index (χ0) is 17.2. The number of anilines is 2. The molecule has 0 spiro atoms. The fourth-order valence-electron chi connectivity index (χ4n) is 2.62. The smallest absolute Gasteiger partial charge is 0.183 e. The highest BCUT2D eigenvalue weighted by Crippen LogP contribution is 2.36. The molecule has 0 atom stereocenters. The molecule has 7 nitrogen and oxygen atoms in total. The molecule has 0 aliphatic carbocycles. The van der Waals surface area contributed by atoms with Crippen molar-refractivity contribution in [1.82, 2.24) is 19.9 Å². The second-order valence-corrected chi connectivity index (χ2v) is 5.22. The molecule has 1 aliphatic heterocycles. The van der Waals surface area contributed by atoms with E-state index in [9.17, 15) is 9.65 Å². The molecule has 0 radical (unpaired) electrons. The number of nitrogens with zero attached hydrogens (tertiary/aromatic N) is 6. The van der Waals surface area contributed by atoms with Gasteiger partial charge in [-0.3, -0.25) is 4.98 Å². The average molecular weight is 334 g/mol. The van der Waals surface area contributed by atoms with E-state index in [2.05, 4.69) is 26.0 Å². The molecular weight excluding hydrogens is 323 g/mol. The van der Waals surface area contributed by atoms with E-state index in [1.807, 2.05) is 4.90 Å². The zero-order valence-electron chi connectivity index (χ0n) is 12.9. The van der Waals surface area contributed by atoms with Gasteiger partial charge in [-0.05, 0) is 18.2 Å². The van der Waals surface area contributed by atoms with E-state index in [4.69, 9.17) is 4.74 Å². The molecule has 3 aromatic rings. The average Bonchev–Trinajstić information content (AvgIpc) is 2.67. The van der Waals surface area contributed by atoms with Crippen LogP contribution in [0.5, 0.6) is 5.75 Å². The van der Waals surface area contributed by atoms with Crippen molar-refractivity contribution >= 4 is 11.5 Å². The molecule has 1 aliphatic rings. The number of pyridine rings is 2. The van der Waals surface area contributed by atoms with Crippen LogP contribution in [0.4, 0.5) is 15.9 Å². The molecular formula is C17H11FN6O. The van der Waals surface area contributed by atoms with Gasteiger partial charge in [0.15, 0.2) is 23.2 Å². The van der Waals surface area contributed by atoms with Gasteiger partial charge in [0.1, 0.15) is 18.4 Å². The van der Waals surface area contributed by atoms with Crippen molar-refractivity contribution in [3.63, 3.8) is 0 Å². The van der Waals surface area contributed by atoms with Gasteiger partial charge in [-0.1, -0.05) is 0 Å². The number of hydrogen-bond acceptors (Lipinski definition) is 7. The van der Waals surface area contributed by atoms with Crippen molar-refractivity contribution < 1.29 is 9.13 Å². The molecule has 0 fully saturated rings. The van der Waals surface area contributed by atoms with Gasteiger partial charge in [-0.25, -0.2) is 19.3 Å². The minimum Gasteiger partial charge on any atom is -0.486 e. The summed E-state index contributed by atoms with van der Waals surface area (Å²) in [6, 6.07) is 6.66. The van der Waals surface area contributed by atoms with Crippen LogP contribution in [0.3, 0.4) is 0 Å². The van der Waals surface area contributed by atoms with Gasteiger partial charge in [-0.15, -0.1) is 0 Å². The summed E-state index contributed by atoms with van der Waals surface area (Å²) < 4.78 is 19.6. The lowest BCUT2D eigenvalue weighted by Crippen LogP contribution is -2.30. The molecule has 0 unspecified atom stereocenters. The lowest BCUT2D eigenvalue weighted by atomic mass is 10.2. The largest absolute Gasteiger partial charge is 0.486 e. The van der Waals surface area contributed by atoms with Crippen molar-refractivity contribution in [2.24, 2.45) is 0 Å². The van der Waals surface area contributed by atoms with Crippen LogP contribution in [0.15, 0.2) is 43.0 Å². The quantitative estimate of drug-likeness (QED) is 0.711. The summed E-state index contributed by atoms with van der Waals surface area (Å²) in [6.07, 6.45) is 6.06. The maximum Gasteiger partial charge on any atom is 0.183 e. The minimum absolute atomic E-state index is 0.0612. The molecule has 0 aromatic carbocycles. The first-order valence-electron chi connectivity index (χ1n) is 7.50. The molecule has 0 N–H and O–H groups in total. The fourth-order valence-corrected chi connectivity index (χ4v) is 2.62. The third-order valence-electron chi connectivity index (χ3n) is 3.74. The summed E-state index contributed by atoms with van der Waals surface area (Å²) >= 11 is 0. The van der Waals surface area contributed by atoms with Crippen LogP contribution in [0.25, 0.3) is 11.5 Å². The third-order valence-corrected chi connectivity index (χ3v) is 3.74. The molecule has 122 valence electrons. The monoisotopic (exact) mass is 334 g/mol. The first-order valence-corrected chi connectivity index (χ1v) is 7.50. The molecule has 8 heteroatoms. The van der Waals surface area contributed by atoms with Gasteiger partial charge in [-0.2, -0.15) is 5.26 Å². The third kappa shape index (κ3) is 2.61. The second kappa shape index (κ2) is 6.13. The van der Waals surface area contributed by atoms with Crippen molar-refractivity contribution in [1.29, 1.82) is 5.26 Å². The van der Waals surface area contributed by atoms with Crippen molar-refractivity contribution in [3.8, 4) is 23.3 Å². The number of rotatable bonds is 2. The predicted octanol–water partition coefficient (Wildman–Crippen LogP) is 2.47. The first-order chi connectivity index (χ1) is 12.3. The van der Waals surface area contributed by atoms with E-state index in [0.717, 1.165) is 0 Å². The normalized spacial score (nSPS) is 12.9. The van der Waals surface area contributed by atoms with Crippen LogP contribution in [-0.2, 0) is 0 Å². The number of aromatic nitrogens is 4. The summed E-state index contributed by atoms with van der Waals surface area (Å²) in [5.41, 5.74) is 1.14. The fraction of sp³-hybridized carbons (Fsp3) is 0.118.